The first-order valence-electron chi connectivity index (χ1n) is 6.35. The van der Waals surface area contributed by atoms with E-state index in [4.69, 9.17) is 4.74 Å². The predicted molar refractivity (Wildman–Crippen MR) is 76.4 cm³/mol. The number of imidazole rings is 1. The molecule has 0 saturated carbocycles. The van der Waals surface area contributed by atoms with Crippen molar-refractivity contribution in [3.8, 4) is 5.75 Å². The summed E-state index contributed by atoms with van der Waals surface area (Å²) >= 11 is 0. The van der Waals surface area contributed by atoms with Gasteiger partial charge in [-0.25, -0.2) is 4.98 Å². The lowest BCUT2D eigenvalue weighted by molar-refractivity contribution is 0.111. The molecule has 0 aliphatic carbocycles. The molecule has 0 saturated heterocycles. The largest absolute Gasteiger partial charge is 0.497 e. The van der Waals surface area contributed by atoms with Crippen molar-refractivity contribution in [1.82, 2.24) is 9.38 Å². The topological polar surface area (TPSA) is 43.6 Å². The third-order valence-corrected chi connectivity index (χ3v) is 3.27. The summed E-state index contributed by atoms with van der Waals surface area (Å²) in [6.45, 7) is 0. The van der Waals surface area contributed by atoms with Crippen LogP contribution < -0.4 is 4.74 Å². The number of hydrogen-bond acceptors (Lipinski definition) is 3. The summed E-state index contributed by atoms with van der Waals surface area (Å²) in [5.74, 6) is 1.66. The van der Waals surface area contributed by atoms with Crippen LogP contribution in [-0.2, 0) is 6.42 Å². The second kappa shape index (κ2) is 5.17. The number of rotatable bonds is 4. The Hall–Kier alpha value is -2.62. The summed E-state index contributed by atoms with van der Waals surface area (Å²) in [6, 6.07) is 13.4. The Morgan fingerprint density at radius 2 is 2.10 bits per heavy atom. The van der Waals surface area contributed by atoms with E-state index in [0.29, 0.717) is 12.1 Å². The van der Waals surface area contributed by atoms with Crippen LogP contribution in [0.2, 0.25) is 0 Å². The predicted octanol–water partition coefficient (Wildman–Crippen LogP) is 2.75. The summed E-state index contributed by atoms with van der Waals surface area (Å²) in [7, 11) is 1.65. The third kappa shape index (κ3) is 2.16. The van der Waals surface area contributed by atoms with Crippen LogP contribution in [0.1, 0.15) is 21.9 Å². The zero-order valence-electron chi connectivity index (χ0n) is 11.1. The van der Waals surface area contributed by atoms with Crippen LogP contribution in [0.15, 0.2) is 48.7 Å². The van der Waals surface area contributed by atoms with E-state index >= 15 is 0 Å². The molecule has 0 atom stereocenters. The highest BCUT2D eigenvalue weighted by molar-refractivity contribution is 5.74. The molecule has 4 heteroatoms. The fourth-order valence-corrected chi connectivity index (χ4v) is 2.32. The number of nitrogens with zero attached hydrogens (tertiary/aromatic N) is 2. The number of benzene rings is 1. The Labute approximate surface area is 116 Å². The summed E-state index contributed by atoms with van der Waals surface area (Å²) in [6.07, 6.45) is 3.28. The van der Waals surface area contributed by atoms with Crippen LogP contribution in [0.5, 0.6) is 5.75 Å². The van der Waals surface area contributed by atoms with Crippen molar-refractivity contribution < 1.29 is 9.53 Å². The SMILES string of the molecule is COc1cccc(Cc2ncc3cccc(C=O)n23)c1. The number of pyridine rings is 1. The van der Waals surface area contributed by atoms with E-state index < -0.39 is 0 Å². The molecule has 0 N–H and O–H groups in total. The van der Waals surface area contributed by atoms with Crippen LogP contribution >= 0.6 is 0 Å². The molecule has 0 bridgehead atoms. The molecule has 0 unspecified atom stereocenters. The maximum atomic E-state index is 11.2. The molecule has 0 aliphatic rings. The van der Waals surface area contributed by atoms with Gasteiger partial charge in [-0.05, 0) is 29.8 Å². The molecule has 0 radical (unpaired) electrons. The van der Waals surface area contributed by atoms with Gasteiger partial charge in [0.2, 0.25) is 0 Å². The lowest BCUT2D eigenvalue weighted by Gasteiger charge is -2.06. The quantitative estimate of drug-likeness (QED) is 0.682. The van der Waals surface area contributed by atoms with Crippen molar-refractivity contribution in [2.24, 2.45) is 0 Å². The second-order valence-electron chi connectivity index (χ2n) is 4.53. The highest BCUT2D eigenvalue weighted by Gasteiger charge is 2.08. The summed E-state index contributed by atoms with van der Waals surface area (Å²) in [5.41, 5.74) is 2.63. The fourth-order valence-electron chi connectivity index (χ4n) is 2.32. The fraction of sp³-hybridized carbons (Fsp3) is 0.125. The zero-order chi connectivity index (χ0) is 13.9. The number of aromatic nitrogens is 2. The normalized spacial score (nSPS) is 10.7. The molecule has 2 heterocycles. The van der Waals surface area contributed by atoms with Gasteiger partial charge in [-0.15, -0.1) is 0 Å². The summed E-state index contributed by atoms with van der Waals surface area (Å²) < 4.78 is 7.10. The number of hydrogen-bond donors (Lipinski definition) is 0. The van der Waals surface area contributed by atoms with Gasteiger partial charge >= 0.3 is 0 Å². The molecule has 3 rings (SSSR count). The van der Waals surface area contributed by atoms with Crippen LogP contribution in [0.3, 0.4) is 0 Å². The van der Waals surface area contributed by atoms with Crippen molar-refractivity contribution in [3.05, 3.63) is 65.7 Å². The maximum Gasteiger partial charge on any atom is 0.166 e. The molecule has 0 amide bonds. The molecule has 1 aromatic carbocycles. The molecule has 100 valence electrons. The number of carbonyl (C=O) groups is 1. The molecule has 0 aliphatic heterocycles. The van der Waals surface area contributed by atoms with E-state index in [0.717, 1.165) is 28.9 Å². The van der Waals surface area contributed by atoms with Crippen LogP contribution in [0.4, 0.5) is 0 Å². The maximum absolute atomic E-state index is 11.2. The highest BCUT2D eigenvalue weighted by atomic mass is 16.5. The molecule has 4 nitrogen and oxygen atoms in total. The van der Waals surface area contributed by atoms with E-state index in [9.17, 15) is 4.79 Å². The standard InChI is InChI=1S/C16H14N2O2/c1-20-15-7-2-4-12(8-15)9-16-17-10-13-5-3-6-14(11-19)18(13)16/h2-8,10-11H,9H2,1H3. The van der Waals surface area contributed by atoms with Gasteiger partial charge in [-0.1, -0.05) is 18.2 Å². The molecule has 0 spiro atoms. The summed E-state index contributed by atoms with van der Waals surface area (Å²) in [5, 5.41) is 0. The lowest BCUT2D eigenvalue weighted by atomic mass is 10.1. The first-order chi connectivity index (χ1) is 9.81. The molecule has 3 aromatic rings. The van der Waals surface area contributed by atoms with Gasteiger partial charge in [-0.3, -0.25) is 9.20 Å². The first kappa shape index (κ1) is 12.4. The average Bonchev–Trinajstić information content (AvgIpc) is 2.90. The highest BCUT2D eigenvalue weighted by Crippen LogP contribution is 2.17. The minimum Gasteiger partial charge on any atom is -0.497 e. The minimum atomic E-state index is 0.609. The van der Waals surface area contributed by atoms with Gasteiger partial charge in [0.1, 0.15) is 11.6 Å². The van der Waals surface area contributed by atoms with Crippen molar-refractivity contribution in [1.29, 1.82) is 0 Å². The van der Waals surface area contributed by atoms with E-state index in [-0.39, 0.29) is 0 Å². The van der Waals surface area contributed by atoms with Gasteiger partial charge in [0, 0.05) is 6.42 Å². The van der Waals surface area contributed by atoms with Crippen molar-refractivity contribution >= 4 is 11.8 Å². The van der Waals surface area contributed by atoms with Gasteiger partial charge in [-0.2, -0.15) is 0 Å². The minimum absolute atomic E-state index is 0.609. The Bertz CT molecular complexity index is 762. The Kier molecular flexibility index (Phi) is 3.21. The third-order valence-electron chi connectivity index (χ3n) is 3.27. The van der Waals surface area contributed by atoms with E-state index in [1.807, 2.05) is 40.8 Å². The van der Waals surface area contributed by atoms with Crippen molar-refractivity contribution in [3.63, 3.8) is 0 Å². The van der Waals surface area contributed by atoms with Crippen LogP contribution in [0.25, 0.3) is 5.52 Å². The Morgan fingerprint density at radius 1 is 1.25 bits per heavy atom. The van der Waals surface area contributed by atoms with Gasteiger partial charge in [0.05, 0.1) is 24.5 Å². The molecule has 0 fully saturated rings. The van der Waals surface area contributed by atoms with Crippen molar-refractivity contribution in [2.75, 3.05) is 7.11 Å². The number of methoxy groups -OCH3 is 1. The smallest absolute Gasteiger partial charge is 0.166 e. The monoisotopic (exact) mass is 266 g/mol. The van der Waals surface area contributed by atoms with Crippen molar-refractivity contribution in [2.45, 2.75) is 6.42 Å². The van der Waals surface area contributed by atoms with Gasteiger partial charge in [0.25, 0.3) is 0 Å². The van der Waals surface area contributed by atoms with E-state index in [2.05, 4.69) is 4.98 Å². The van der Waals surface area contributed by atoms with Crippen LogP contribution in [0, 0.1) is 0 Å². The molecular formula is C16H14N2O2. The van der Waals surface area contributed by atoms with E-state index in [1.165, 1.54) is 0 Å². The molecular weight excluding hydrogens is 252 g/mol. The van der Waals surface area contributed by atoms with Gasteiger partial charge in [0.15, 0.2) is 6.29 Å². The zero-order valence-corrected chi connectivity index (χ0v) is 11.1. The summed E-state index contributed by atoms with van der Waals surface area (Å²) in [4.78, 5) is 15.6. The Balaban J connectivity index is 2.04. The number of aldehydes is 1. The van der Waals surface area contributed by atoms with E-state index in [1.54, 1.807) is 19.4 Å². The average molecular weight is 266 g/mol. The van der Waals surface area contributed by atoms with Crippen LogP contribution in [-0.4, -0.2) is 22.8 Å². The number of fused-ring (bicyclic) bond motifs is 1. The number of carbonyl (C=O) groups excluding carboxylic acids is 1. The lowest BCUT2D eigenvalue weighted by Crippen LogP contribution is -2.01. The second-order valence-corrected chi connectivity index (χ2v) is 4.53. The first-order valence-corrected chi connectivity index (χ1v) is 6.35. The van der Waals surface area contributed by atoms with Gasteiger partial charge < -0.3 is 4.74 Å². The molecule has 2 aromatic heterocycles. The molecule has 20 heavy (non-hydrogen) atoms. The Morgan fingerprint density at radius 3 is 2.90 bits per heavy atom. The number of ether oxygens (including phenoxy) is 1.